The molecule has 0 N–H and O–H groups in total. The molecular formula is C15H19FN2O2. The van der Waals surface area contributed by atoms with Crippen LogP contribution in [-0.2, 0) is 16.0 Å². The number of hydrogen-bond donors (Lipinski definition) is 0. The largest absolute Gasteiger partial charge is 0.378 e. The number of halogens is 1. The van der Waals surface area contributed by atoms with Gasteiger partial charge in [-0.15, -0.1) is 0 Å². The van der Waals surface area contributed by atoms with E-state index in [1.165, 1.54) is 0 Å². The van der Waals surface area contributed by atoms with Crippen LogP contribution in [0.3, 0.4) is 0 Å². The molecule has 1 aromatic rings. The van der Waals surface area contributed by atoms with E-state index < -0.39 is 0 Å². The Morgan fingerprint density at radius 3 is 2.65 bits per heavy atom. The van der Waals surface area contributed by atoms with Crippen molar-refractivity contribution in [1.29, 1.82) is 0 Å². The lowest BCUT2D eigenvalue weighted by molar-refractivity contribution is -0.118. The number of benzene rings is 1. The Labute approximate surface area is 118 Å². The molecule has 0 spiro atoms. The summed E-state index contributed by atoms with van der Waals surface area (Å²) in [4.78, 5) is 15.6. The number of fused-ring (bicyclic) bond motifs is 1. The number of anilines is 2. The van der Waals surface area contributed by atoms with E-state index in [9.17, 15) is 9.18 Å². The molecule has 2 heterocycles. The molecule has 0 aromatic heterocycles. The van der Waals surface area contributed by atoms with Crippen molar-refractivity contribution in [3.05, 3.63) is 23.5 Å². The standard InChI is InChI=1S/C15H19FN2O2/c1-17-13-10-14(18-5-7-20-8-6-18)12(16)9-11(13)3-2-4-15(17)19/h9-10H,2-8H2,1H3. The molecular weight excluding hydrogens is 259 g/mol. The van der Waals surface area contributed by atoms with Crippen molar-refractivity contribution in [1.82, 2.24) is 0 Å². The average molecular weight is 278 g/mol. The van der Waals surface area contributed by atoms with Crippen LogP contribution in [-0.4, -0.2) is 39.3 Å². The first-order valence-electron chi connectivity index (χ1n) is 7.08. The highest BCUT2D eigenvalue weighted by atomic mass is 19.1. The topological polar surface area (TPSA) is 32.8 Å². The van der Waals surface area contributed by atoms with Crippen LogP contribution in [0.2, 0.25) is 0 Å². The molecule has 0 bridgehead atoms. The summed E-state index contributed by atoms with van der Waals surface area (Å²) in [6.45, 7) is 2.61. The average Bonchev–Trinajstić information content (AvgIpc) is 2.59. The van der Waals surface area contributed by atoms with Crippen molar-refractivity contribution in [3.8, 4) is 0 Å². The Bertz CT molecular complexity index is 527. The molecule has 0 saturated carbocycles. The second-order valence-electron chi connectivity index (χ2n) is 5.34. The third-order valence-electron chi connectivity index (χ3n) is 4.07. The van der Waals surface area contributed by atoms with E-state index in [4.69, 9.17) is 4.74 Å². The van der Waals surface area contributed by atoms with Crippen LogP contribution < -0.4 is 9.80 Å². The number of amides is 1. The molecule has 5 heteroatoms. The third-order valence-corrected chi connectivity index (χ3v) is 4.07. The summed E-state index contributed by atoms with van der Waals surface area (Å²) in [5.74, 6) is -0.100. The van der Waals surface area contributed by atoms with E-state index in [1.54, 1.807) is 18.0 Å². The number of rotatable bonds is 1. The molecule has 2 aliphatic heterocycles. The minimum Gasteiger partial charge on any atom is -0.378 e. The maximum Gasteiger partial charge on any atom is 0.226 e. The highest BCUT2D eigenvalue weighted by Crippen LogP contribution is 2.33. The van der Waals surface area contributed by atoms with Crippen molar-refractivity contribution >= 4 is 17.3 Å². The first kappa shape index (κ1) is 13.4. The smallest absolute Gasteiger partial charge is 0.226 e. The van der Waals surface area contributed by atoms with E-state index in [0.29, 0.717) is 38.4 Å². The molecule has 20 heavy (non-hydrogen) atoms. The summed E-state index contributed by atoms with van der Waals surface area (Å²) < 4.78 is 19.6. The number of ether oxygens (including phenoxy) is 1. The van der Waals surface area contributed by atoms with Crippen molar-refractivity contribution in [3.63, 3.8) is 0 Å². The minimum atomic E-state index is -0.201. The van der Waals surface area contributed by atoms with Crippen LogP contribution in [0.25, 0.3) is 0 Å². The SMILES string of the molecule is CN1C(=O)CCCc2cc(F)c(N3CCOCC3)cc21. The van der Waals surface area contributed by atoms with E-state index in [0.717, 1.165) is 24.1 Å². The molecule has 108 valence electrons. The highest BCUT2D eigenvalue weighted by molar-refractivity contribution is 5.95. The number of carbonyl (C=O) groups excluding carboxylic acids is 1. The lowest BCUT2D eigenvalue weighted by Gasteiger charge is -2.30. The van der Waals surface area contributed by atoms with Crippen LogP contribution in [0.4, 0.5) is 15.8 Å². The van der Waals surface area contributed by atoms with Gasteiger partial charge in [0.25, 0.3) is 0 Å². The monoisotopic (exact) mass is 278 g/mol. The maximum atomic E-state index is 14.3. The van der Waals surface area contributed by atoms with E-state index in [-0.39, 0.29) is 11.7 Å². The molecule has 1 amide bonds. The Balaban J connectivity index is 2.00. The molecule has 0 radical (unpaired) electrons. The van der Waals surface area contributed by atoms with Gasteiger partial charge in [-0.2, -0.15) is 0 Å². The molecule has 0 unspecified atom stereocenters. The summed E-state index contributed by atoms with van der Waals surface area (Å²) in [6.07, 6.45) is 2.07. The van der Waals surface area contributed by atoms with Crippen LogP contribution in [0.1, 0.15) is 18.4 Å². The predicted octanol–water partition coefficient (Wildman–Crippen LogP) is 1.96. The van der Waals surface area contributed by atoms with Crippen LogP contribution >= 0.6 is 0 Å². The van der Waals surface area contributed by atoms with Gasteiger partial charge < -0.3 is 14.5 Å². The Kier molecular flexibility index (Phi) is 3.61. The summed E-state index contributed by atoms with van der Waals surface area (Å²) in [5.41, 5.74) is 2.34. The molecule has 1 saturated heterocycles. The van der Waals surface area contributed by atoms with Gasteiger partial charge in [0.2, 0.25) is 5.91 Å². The number of morpholine rings is 1. The zero-order chi connectivity index (χ0) is 14.1. The highest BCUT2D eigenvalue weighted by Gasteiger charge is 2.23. The Morgan fingerprint density at radius 1 is 1.15 bits per heavy atom. The van der Waals surface area contributed by atoms with Crippen molar-refractivity contribution in [2.75, 3.05) is 43.2 Å². The fourth-order valence-electron chi connectivity index (χ4n) is 2.88. The zero-order valence-corrected chi connectivity index (χ0v) is 11.7. The normalized spacial score (nSPS) is 19.8. The summed E-state index contributed by atoms with van der Waals surface area (Å²) in [7, 11) is 1.77. The van der Waals surface area contributed by atoms with Crippen molar-refractivity contribution in [2.24, 2.45) is 0 Å². The van der Waals surface area contributed by atoms with Crippen molar-refractivity contribution < 1.29 is 13.9 Å². The van der Waals surface area contributed by atoms with Gasteiger partial charge in [0.15, 0.2) is 0 Å². The molecule has 4 nitrogen and oxygen atoms in total. The quantitative estimate of drug-likeness (QED) is 0.787. The van der Waals surface area contributed by atoms with E-state index in [1.807, 2.05) is 11.0 Å². The van der Waals surface area contributed by atoms with E-state index >= 15 is 0 Å². The van der Waals surface area contributed by atoms with Gasteiger partial charge >= 0.3 is 0 Å². The van der Waals surface area contributed by atoms with Crippen LogP contribution in [0, 0.1) is 5.82 Å². The number of nitrogens with zero attached hydrogens (tertiary/aromatic N) is 2. The maximum absolute atomic E-state index is 14.3. The van der Waals surface area contributed by atoms with Crippen LogP contribution in [0.15, 0.2) is 12.1 Å². The second-order valence-corrected chi connectivity index (χ2v) is 5.34. The lowest BCUT2D eigenvalue weighted by atomic mass is 10.1. The van der Waals surface area contributed by atoms with Gasteiger partial charge in [-0.05, 0) is 30.5 Å². The van der Waals surface area contributed by atoms with Crippen LogP contribution in [0.5, 0.6) is 0 Å². The molecule has 3 rings (SSSR count). The Morgan fingerprint density at radius 2 is 1.90 bits per heavy atom. The molecule has 0 aliphatic carbocycles. The fourth-order valence-corrected chi connectivity index (χ4v) is 2.88. The van der Waals surface area contributed by atoms with Gasteiger partial charge in [-0.3, -0.25) is 4.79 Å². The van der Waals surface area contributed by atoms with Gasteiger partial charge in [-0.1, -0.05) is 0 Å². The van der Waals surface area contributed by atoms with Gasteiger partial charge in [0, 0.05) is 32.2 Å². The van der Waals surface area contributed by atoms with Gasteiger partial charge in [0.05, 0.1) is 18.9 Å². The van der Waals surface area contributed by atoms with Crippen molar-refractivity contribution in [2.45, 2.75) is 19.3 Å². The Hall–Kier alpha value is -1.62. The number of carbonyl (C=O) groups is 1. The van der Waals surface area contributed by atoms with Gasteiger partial charge in [-0.25, -0.2) is 4.39 Å². The zero-order valence-electron chi connectivity index (χ0n) is 11.7. The summed E-state index contributed by atoms with van der Waals surface area (Å²) >= 11 is 0. The first-order chi connectivity index (χ1) is 9.66. The lowest BCUT2D eigenvalue weighted by Crippen LogP contribution is -2.37. The molecule has 1 aromatic carbocycles. The third kappa shape index (κ3) is 2.38. The summed E-state index contributed by atoms with van der Waals surface area (Å²) in [6, 6.07) is 3.41. The predicted molar refractivity (Wildman–Crippen MR) is 75.8 cm³/mol. The number of hydrogen-bond acceptors (Lipinski definition) is 3. The van der Waals surface area contributed by atoms with E-state index in [2.05, 4.69) is 0 Å². The number of aryl methyl sites for hydroxylation is 1. The molecule has 0 atom stereocenters. The molecule has 1 fully saturated rings. The summed E-state index contributed by atoms with van der Waals surface area (Å²) in [5, 5.41) is 0. The minimum absolute atomic E-state index is 0.100. The fraction of sp³-hybridized carbons (Fsp3) is 0.533. The first-order valence-corrected chi connectivity index (χ1v) is 7.08. The molecule has 2 aliphatic rings. The second kappa shape index (κ2) is 5.40. The van der Waals surface area contributed by atoms with Gasteiger partial charge in [0.1, 0.15) is 5.82 Å².